The number of aliphatic hydroxyl groups is 1. The second-order valence-corrected chi connectivity index (χ2v) is 14.8. The Hall–Kier alpha value is -0.910. The molecule has 0 aromatic heterocycles. The zero-order valence-electron chi connectivity index (χ0n) is 23.9. The Labute approximate surface area is 218 Å². The molecule has 36 heavy (non-hydrogen) atoms. The van der Waals surface area contributed by atoms with Gasteiger partial charge in [-0.3, -0.25) is 4.79 Å². The molecule has 4 fully saturated rings. The number of fused-ring (bicyclic) bond motifs is 3. The number of ether oxygens (including phenoxy) is 2. The maximum atomic E-state index is 13.1. The van der Waals surface area contributed by atoms with Crippen molar-refractivity contribution in [2.45, 2.75) is 99.2 Å². The molecule has 3 saturated carbocycles. The second kappa shape index (κ2) is 8.29. The van der Waals surface area contributed by atoms with E-state index in [1.54, 1.807) is 7.11 Å². The molecular formula is C31H50O5. The van der Waals surface area contributed by atoms with E-state index in [-0.39, 0.29) is 39.1 Å². The maximum Gasteiger partial charge on any atom is 0.307 e. The van der Waals surface area contributed by atoms with Crippen molar-refractivity contribution in [3.05, 3.63) is 11.6 Å². The van der Waals surface area contributed by atoms with Crippen LogP contribution in [0.15, 0.2) is 11.6 Å². The van der Waals surface area contributed by atoms with Crippen molar-refractivity contribution in [3.63, 3.8) is 0 Å². The van der Waals surface area contributed by atoms with Crippen LogP contribution in [0.25, 0.3) is 0 Å². The molecule has 1 aliphatic heterocycles. The van der Waals surface area contributed by atoms with Gasteiger partial charge in [0.05, 0.1) is 31.3 Å². The SMILES string of the molecule is CO[C@@H]1C[C@@]23COC[C@](C)([C@@H]2CC[C@H]2C3=CC[C@@]3(C)[C@H](C(=O)O)[C@@](C)([C@H](C)C(C)C)CC[C@]23C)[C@H]1O. The van der Waals surface area contributed by atoms with Gasteiger partial charge < -0.3 is 19.7 Å². The summed E-state index contributed by atoms with van der Waals surface area (Å²) in [4.78, 5) is 13.1. The number of carboxylic acid groups (broad SMARTS) is 1. The van der Waals surface area contributed by atoms with Crippen LogP contribution in [-0.2, 0) is 14.3 Å². The molecule has 0 aromatic rings. The molecule has 1 heterocycles. The minimum absolute atomic E-state index is 0.0808. The summed E-state index contributed by atoms with van der Waals surface area (Å²) < 4.78 is 12.2. The zero-order chi connectivity index (χ0) is 26.5. The van der Waals surface area contributed by atoms with Crippen molar-refractivity contribution in [1.29, 1.82) is 0 Å². The van der Waals surface area contributed by atoms with E-state index >= 15 is 0 Å². The highest BCUT2D eigenvalue weighted by molar-refractivity contribution is 5.73. The van der Waals surface area contributed by atoms with Gasteiger partial charge in [-0.05, 0) is 78.4 Å². The first-order chi connectivity index (χ1) is 16.7. The third-order valence-corrected chi connectivity index (χ3v) is 13.4. The maximum absolute atomic E-state index is 13.1. The smallest absolute Gasteiger partial charge is 0.307 e. The predicted molar refractivity (Wildman–Crippen MR) is 140 cm³/mol. The Morgan fingerprint density at radius 2 is 1.78 bits per heavy atom. The summed E-state index contributed by atoms with van der Waals surface area (Å²) in [6, 6.07) is 0. The number of carbonyl (C=O) groups is 1. The molecule has 2 bridgehead atoms. The topological polar surface area (TPSA) is 76.0 Å². The second-order valence-electron chi connectivity index (χ2n) is 14.8. The number of allylic oxidation sites excluding steroid dienone is 1. The van der Waals surface area contributed by atoms with E-state index in [9.17, 15) is 15.0 Å². The van der Waals surface area contributed by atoms with Crippen LogP contribution >= 0.6 is 0 Å². The van der Waals surface area contributed by atoms with Gasteiger partial charge in [0.15, 0.2) is 0 Å². The molecular weight excluding hydrogens is 452 g/mol. The quantitative estimate of drug-likeness (QED) is 0.465. The monoisotopic (exact) mass is 502 g/mol. The summed E-state index contributed by atoms with van der Waals surface area (Å²) in [5.74, 6) is 0.533. The summed E-state index contributed by atoms with van der Waals surface area (Å²) in [6.45, 7) is 17.2. The van der Waals surface area contributed by atoms with E-state index in [2.05, 4.69) is 54.5 Å². The fraction of sp³-hybridized carbons (Fsp3) is 0.903. The minimum Gasteiger partial charge on any atom is -0.481 e. The molecule has 5 nitrogen and oxygen atoms in total. The first-order valence-electron chi connectivity index (χ1n) is 14.4. The number of aliphatic carboxylic acids is 1. The zero-order valence-corrected chi connectivity index (χ0v) is 23.9. The highest BCUT2D eigenvalue weighted by atomic mass is 16.5. The summed E-state index contributed by atoms with van der Waals surface area (Å²) >= 11 is 0. The number of carboxylic acids is 1. The highest BCUT2D eigenvalue weighted by Gasteiger charge is 2.71. The summed E-state index contributed by atoms with van der Waals surface area (Å²) in [5, 5.41) is 22.1. The molecule has 1 saturated heterocycles. The fourth-order valence-electron chi connectivity index (χ4n) is 10.8. The third kappa shape index (κ3) is 3.09. The number of aliphatic hydroxyl groups excluding tert-OH is 1. The van der Waals surface area contributed by atoms with Gasteiger partial charge in [0.2, 0.25) is 0 Å². The van der Waals surface area contributed by atoms with E-state index in [4.69, 9.17) is 9.47 Å². The third-order valence-electron chi connectivity index (χ3n) is 13.4. The van der Waals surface area contributed by atoms with Gasteiger partial charge in [0, 0.05) is 17.9 Å². The van der Waals surface area contributed by atoms with Gasteiger partial charge in [0.1, 0.15) is 0 Å². The van der Waals surface area contributed by atoms with Gasteiger partial charge >= 0.3 is 5.97 Å². The van der Waals surface area contributed by atoms with Crippen molar-refractivity contribution < 1.29 is 24.5 Å². The molecule has 0 unspecified atom stereocenters. The van der Waals surface area contributed by atoms with Crippen molar-refractivity contribution in [2.24, 2.45) is 56.7 Å². The minimum atomic E-state index is -0.615. The Morgan fingerprint density at radius 3 is 2.39 bits per heavy atom. The van der Waals surface area contributed by atoms with E-state index in [1.165, 1.54) is 5.57 Å². The molecule has 0 spiro atoms. The molecule has 11 atom stereocenters. The van der Waals surface area contributed by atoms with Crippen LogP contribution in [-0.4, -0.2) is 48.7 Å². The first-order valence-corrected chi connectivity index (χ1v) is 14.4. The van der Waals surface area contributed by atoms with Crippen LogP contribution < -0.4 is 0 Å². The van der Waals surface area contributed by atoms with Crippen molar-refractivity contribution >= 4 is 5.97 Å². The van der Waals surface area contributed by atoms with Gasteiger partial charge in [-0.2, -0.15) is 0 Å². The Morgan fingerprint density at radius 1 is 1.08 bits per heavy atom. The molecule has 0 aromatic carbocycles. The highest BCUT2D eigenvalue weighted by Crippen LogP contribution is 2.74. The van der Waals surface area contributed by atoms with Crippen LogP contribution in [0.5, 0.6) is 0 Å². The lowest BCUT2D eigenvalue weighted by atomic mass is 9.34. The molecule has 5 heteroatoms. The molecule has 5 rings (SSSR count). The van der Waals surface area contributed by atoms with Gasteiger partial charge in [-0.25, -0.2) is 0 Å². The van der Waals surface area contributed by atoms with E-state index < -0.39 is 12.1 Å². The van der Waals surface area contributed by atoms with Gasteiger partial charge in [-0.15, -0.1) is 0 Å². The summed E-state index contributed by atoms with van der Waals surface area (Å²) in [7, 11) is 1.73. The number of rotatable bonds is 4. The average Bonchev–Trinajstić information content (AvgIpc) is 2.81. The predicted octanol–water partition coefficient (Wildman–Crippen LogP) is 5.95. The Balaban J connectivity index is 1.62. The van der Waals surface area contributed by atoms with E-state index in [0.717, 1.165) is 38.5 Å². The average molecular weight is 503 g/mol. The molecule has 0 radical (unpaired) electrons. The summed E-state index contributed by atoms with van der Waals surface area (Å²) in [5.41, 5.74) is 0.459. The Kier molecular flexibility index (Phi) is 6.15. The van der Waals surface area contributed by atoms with Crippen LogP contribution in [0.2, 0.25) is 0 Å². The van der Waals surface area contributed by atoms with E-state index in [0.29, 0.717) is 36.9 Å². The normalized spacial score (nSPS) is 53.1. The van der Waals surface area contributed by atoms with Crippen molar-refractivity contribution in [1.82, 2.24) is 0 Å². The Bertz CT molecular complexity index is 943. The lowest BCUT2D eigenvalue weighted by Crippen LogP contribution is -2.69. The van der Waals surface area contributed by atoms with Crippen LogP contribution in [0, 0.1) is 56.7 Å². The van der Waals surface area contributed by atoms with E-state index in [1.807, 2.05) is 0 Å². The fourth-order valence-corrected chi connectivity index (χ4v) is 10.8. The molecule has 4 aliphatic carbocycles. The summed E-state index contributed by atoms with van der Waals surface area (Å²) in [6.07, 6.45) is 7.52. The number of hydrogen-bond acceptors (Lipinski definition) is 4. The first kappa shape index (κ1) is 26.7. The van der Waals surface area contributed by atoms with Crippen molar-refractivity contribution in [3.8, 4) is 0 Å². The van der Waals surface area contributed by atoms with Crippen LogP contribution in [0.1, 0.15) is 87.0 Å². The molecule has 0 amide bonds. The molecule has 204 valence electrons. The lowest BCUT2D eigenvalue weighted by Gasteiger charge is -2.71. The van der Waals surface area contributed by atoms with Crippen LogP contribution in [0.3, 0.4) is 0 Å². The largest absolute Gasteiger partial charge is 0.481 e. The lowest BCUT2D eigenvalue weighted by molar-refractivity contribution is -0.257. The van der Waals surface area contributed by atoms with Gasteiger partial charge in [0.25, 0.3) is 0 Å². The van der Waals surface area contributed by atoms with Crippen molar-refractivity contribution in [2.75, 3.05) is 20.3 Å². The molecule has 5 aliphatic rings. The molecule has 2 N–H and O–H groups in total. The number of hydrogen-bond donors (Lipinski definition) is 2. The standard InChI is InChI=1S/C31H50O5/c1-18(2)19(3)27(4)13-14-29(6)20-9-10-23-28(5)16-36-17-31(23,15-22(35-8)25(28)32)21(20)11-12-30(29,7)24(27)26(33)34/h11,18-20,22-25,32H,9-10,12-17H2,1-8H3,(H,33,34)/t19-,20+,22-,23+,24-,25+,27-,28-,29-,30+,31+/m1/s1. The van der Waals surface area contributed by atoms with Crippen LogP contribution in [0.4, 0.5) is 0 Å². The number of methoxy groups -OCH3 is 1. The van der Waals surface area contributed by atoms with Gasteiger partial charge in [-0.1, -0.05) is 60.1 Å².